The Morgan fingerprint density at radius 3 is 2.73 bits per heavy atom. The van der Waals surface area contributed by atoms with E-state index in [1.807, 2.05) is 0 Å². The Hall–Kier alpha value is -1.61. The van der Waals surface area contributed by atoms with Crippen LogP contribution in [-0.4, -0.2) is 6.29 Å². The first-order chi connectivity index (χ1) is 7.24. The third-order valence-electron chi connectivity index (χ3n) is 2.03. The van der Waals surface area contributed by atoms with Crippen molar-refractivity contribution in [3.63, 3.8) is 0 Å². The highest BCUT2D eigenvalue weighted by Crippen LogP contribution is 2.29. The van der Waals surface area contributed by atoms with Crippen molar-refractivity contribution in [3.05, 3.63) is 46.9 Å². The van der Waals surface area contributed by atoms with Crippen LogP contribution in [0.25, 0.3) is 11.3 Å². The third-order valence-corrected chi connectivity index (χ3v) is 2.41. The van der Waals surface area contributed by atoms with Crippen LogP contribution in [0.1, 0.15) is 10.4 Å². The van der Waals surface area contributed by atoms with Gasteiger partial charge in [0.05, 0.1) is 16.8 Å². The molecular weight excluding hydrogens is 219 g/mol. The van der Waals surface area contributed by atoms with Gasteiger partial charge in [-0.15, -0.1) is 0 Å². The zero-order chi connectivity index (χ0) is 10.8. The van der Waals surface area contributed by atoms with Crippen molar-refractivity contribution in [1.29, 1.82) is 0 Å². The minimum Gasteiger partial charge on any atom is -0.464 e. The molecule has 1 aromatic carbocycles. The van der Waals surface area contributed by atoms with Crippen LogP contribution in [0.3, 0.4) is 0 Å². The number of aldehydes is 1. The van der Waals surface area contributed by atoms with Crippen molar-refractivity contribution >= 4 is 17.9 Å². The Bertz CT molecular complexity index is 492. The number of hydrogen-bond donors (Lipinski definition) is 0. The number of rotatable bonds is 2. The van der Waals surface area contributed by atoms with Gasteiger partial charge in [0.25, 0.3) is 0 Å². The lowest BCUT2D eigenvalue weighted by Crippen LogP contribution is -1.90. The van der Waals surface area contributed by atoms with Crippen molar-refractivity contribution in [1.82, 2.24) is 0 Å². The van der Waals surface area contributed by atoms with Crippen LogP contribution >= 0.6 is 11.6 Å². The largest absolute Gasteiger partial charge is 0.464 e. The molecule has 0 aliphatic carbocycles. The summed E-state index contributed by atoms with van der Waals surface area (Å²) in [5.74, 6) is -0.261. The van der Waals surface area contributed by atoms with Gasteiger partial charge < -0.3 is 4.42 Å². The highest BCUT2D eigenvalue weighted by Gasteiger charge is 2.13. The van der Waals surface area contributed by atoms with Crippen LogP contribution in [0.5, 0.6) is 0 Å². The second-order valence-corrected chi connectivity index (χ2v) is 3.30. The van der Waals surface area contributed by atoms with Crippen LogP contribution in [0.4, 0.5) is 4.39 Å². The predicted molar refractivity (Wildman–Crippen MR) is 54.5 cm³/mol. The summed E-state index contributed by atoms with van der Waals surface area (Å²) >= 11 is 5.67. The zero-order valence-corrected chi connectivity index (χ0v) is 8.29. The van der Waals surface area contributed by atoms with E-state index in [9.17, 15) is 9.18 Å². The molecular formula is C11H6ClFO2. The summed E-state index contributed by atoms with van der Waals surface area (Å²) in [6.45, 7) is 0. The van der Waals surface area contributed by atoms with E-state index in [0.29, 0.717) is 12.0 Å². The van der Waals surface area contributed by atoms with E-state index in [4.69, 9.17) is 16.0 Å². The molecule has 2 rings (SSSR count). The summed E-state index contributed by atoms with van der Waals surface area (Å²) in [6.07, 6.45) is 1.95. The highest BCUT2D eigenvalue weighted by molar-refractivity contribution is 6.33. The van der Waals surface area contributed by atoms with Gasteiger partial charge in [0.15, 0.2) is 12.1 Å². The summed E-state index contributed by atoms with van der Waals surface area (Å²) in [6, 6.07) is 6.19. The Morgan fingerprint density at radius 1 is 1.33 bits per heavy atom. The molecule has 15 heavy (non-hydrogen) atoms. The number of carbonyl (C=O) groups is 1. The standard InChI is InChI=1S/C11H6ClFO2/c12-10-7(6-14)3-4-8(11(10)13)9-2-1-5-15-9/h1-6H. The normalized spacial score (nSPS) is 10.3. The minimum absolute atomic E-state index is 0.129. The molecule has 1 heterocycles. The molecule has 0 aliphatic heterocycles. The summed E-state index contributed by atoms with van der Waals surface area (Å²) in [4.78, 5) is 10.5. The van der Waals surface area contributed by atoms with Gasteiger partial charge in [0.1, 0.15) is 5.76 Å². The topological polar surface area (TPSA) is 30.2 Å². The van der Waals surface area contributed by atoms with E-state index >= 15 is 0 Å². The van der Waals surface area contributed by atoms with Crippen molar-refractivity contribution in [2.75, 3.05) is 0 Å². The SMILES string of the molecule is O=Cc1ccc(-c2ccco2)c(F)c1Cl. The highest BCUT2D eigenvalue weighted by atomic mass is 35.5. The first-order valence-corrected chi connectivity index (χ1v) is 4.59. The Balaban J connectivity index is 2.61. The molecule has 1 aromatic heterocycles. The van der Waals surface area contributed by atoms with E-state index in [1.54, 1.807) is 12.1 Å². The van der Waals surface area contributed by atoms with E-state index in [0.717, 1.165) is 0 Å². The molecule has 0 amide bonds. The number of halogens is 2. The van der Waals surface area contributed by atoms with Crippen LogP contribution in [-0.2, 0) is 0 Å². The summed E-state index contributed by atoms with van der Waals surface area (Å²) in [5, 5.41) is -0.182. The first-order valence-electron chi connectivity index (χ1n) is 4.21. The fourth-order valence-corrected chi connectivity index (χ4v) is 1.49. The van der Waals surface area contributed by atoms with Crippen LogP contribution in [0.15, 0.2) is 34.9 Å². The molecule has 0 aliphatic rings. The van der Waals surface area contributed by atoms with Crippen LogP contribution in [0, 0.1) is 5.82 Å². The lowest BCUT2D eigenvalue weighted by atomic mass is 10.1. The lowest BCUT2D eigenvalue weighted by molar-refractivity contribution is 0.112. The first kappa shape index (κ1) is 9.93. The molecule has 0 saturated carbocycles. The van der Waals surface area contributed by atoms with Crippen LogP contribution in [0.2, 0.25) is 5.02 Å². The summed E-state index contributed by atoms with van der Waals surface area (Å²) in [5.41, 5.74) is 0.375. The molecule has 0 saturated heterocycles. The van der Waals surface area contributed by atoms with Gasteiger partial charge in [-0.25, -0.2) is 4.39 Å². The number of benzene rings is 1. The molecule has 2 nitrogen and oxygen atoms in total. The van der Waals surface area contributed by atoms with E-state index in [2.05, 4.69) is 0 Å². The second kappa shape index (κ2) is 3.87. The van der Waals surface area contributed by atoms with E-state index in [-0.39, 0.29) is 16.1 Å². The maximum atomic E-state index is 13.7. The maximum absolute atomic E-state index is 13.7. The fourth-order valence-electron chi connectivity index (χ4n) is 1.28. The van der Waals surface area contributed by atoms with Gasteiger partial charge in [-0.1, -0.05) is 11.6 Å². The summed E-state index contributed by atoms with van der Waals surface area (Å²) in [7, 11) is 0. The van der Waals surface area contributed by atoms with Gasteiger partial charge in [-0.05, 0) is 24.3 Å². The maximum Gasteiger partial charge on any atom is 0.153 e. The Morgan fingerprint density at radius 2 is 2.13 bits per heavy atom. The zero-order valence-electron chi connectivity index (χ0n) is 7.54. The molecule has 0 fully saturated rings. The molecule has 4 heteroatoms. The van der Waals surface area contributed by atoms with Gasteiger partial charge >= 0.3 is 0 Å². The van der Waals surface area contributed by atoms with Gasteiger partial charge in [-0.3, -0.25) is 4.79 Å². The number of hydrogen-bond acceptors (Lipinski definition) is 2. The molecule has 2 aromatic rings. The molecule has 0 spiro atoms. The quantitative estimate of drug-likeness (QED) is 0.731. The number of furan rings is 1. The third kappa shape index (κ3) is 1.66. The van der Waals surface area contributed by atoms with Crippen molar-refractivity contribution < 1.29 is 13.6 Å². The summed E-state index contributed by atoms with van der Waals surface area (Å²) < 4.78 is 18.7. The fraction of sp³-hybridized carbons (Fsp3) is 0. The van der Waals surface area contributed by atoms with Crippen LogP contribution < -0.4 is 0 Å². The van der Waals surface area contributed by atoms with Gasteiger partial charge in [0.2, 0.25) is 0 Å². The van der Waals surface area contributed by atoms with Crippen molar-refractivity contribution in [2.45, 2.75) is 0 Å². The predicted octanol–water partition coefficient (Wildman–Crippen LogP) is 3.55. The second-order valence-electron chi connectivity index (χ2n) is 2.93. The Kier molecular flexibility index (Phi) is 2.56. The molecule has 0 radical (unpaired) electrons. The van der Waals surface area contributed by atoms with Crippen molar-refractivity contribution in [2.24, 2.45) is 0 Å². The monoisotopic (exact) mass is 224 g/mol. The molecule has 0 N–H and O–H groups in total. The molecule has 0 unspecified atom stereocenters. The smallest absolute Gasteiger partial charge is 0.153 e. The lowest BCUT2D eigenvalue weighted by Gasteiger charge is -2.03. The molecule has 76 valence electrons. The van der Waals surface area contributed by atoms with E-state index in [1.165, 1.54) is 18.4 Å². The Labute approximate surface area is 90.3 Å². The average Bonchev–Trinajstić information content (AvgIpc) is 2.75. The van der Waals surface area contributed by atoms with Crippen molar-refractivity contribution in [3.8, 4) is 11.3 Å². The van der Waals surface area contributed by atoms with Gasteiger partial charge in [-0.2, -0.15) is 0 Å². The molecule has 0 bridgehead atoms. The van der Waals surface area contributed by atoms with Gasteiger partial charge in [0, 0.05) is 5.56 Å². The van der Waals surface area contributed by atoms with E-state index < -0.39 is 5.82 Å². The number of carbonyl (C=O) groups excluding carboxylic acids is 1. The molecule has 0 atom stereocenters. The average molecular weight is 225 g/mol. The minimum atomic E-state index is -0.642.